The first-order chi connectivity index (χ1) is 9.43. The van der Waals surface area contributed by atoms with Crippen molar-refractivity contribution in [2.24, 2.45) is 5.41 Å². The van der Waals surface area contributed by atoms with Crippen molar-refractivity contribution in [2.45, 2.75) is 85.8 Å². The Hall–Kier alpha value is -0.770. The lowest BCUT2D eigenvalue weighted by Gasteiger charge is -2.35. The average molecular weight is 300 g/mol. The molecule has 0 aliphatic rings. The fourth-order valence-corrected chi connectivity index (χ4v) is 2.07. The quantitative estimate of drug-likeness (QED) is 0.744. The Kier molecular flexibility index (Phi) is 7.73. The molecule has 0 aromatic heterocycles. The third kappa shape index (κ3) is 9.72. The second-order valence-corrected chi connectivity index (χ2v) is 8.08. The van der Waals surface area contributed by atoms with Gasteiger partial charge in [0, 0.05) is 12.1 Å². The zero-order valence-corrected chi connectivity index (χ0v) is 15.4. The molecule has 0 rings (SSSR count). The maximum absolute atomic E-state index is 11.8. The van der Waals surface area contributed by atoms with Crippen LogP contribution < -0.4 is 10.6 Å². The van der Waals surface area contributed by atoms with Gasteiger partial charge in [0.15, 0.2) is 0 Å². The van der Waals surface area contributed by atoms with Crippen molar-refractivity contribution in [2.75, 3.05) is 13.1 Å². The minimum Gasteiger partial charge on any atom is -0.444 e. The molecule has 0 aliphatic carbocycles. The van der Waals surface area contributed by atoms with Crippen molar-refractivity contribution in [1.29, 1.82) is 0 Å². The van der Waals surface area contributed by atoms with Crippen LogP contribution >= 0.6 is 0 Å². The first-order valence-corrected chi connectivity index (χ1v) is 8.15. The largest absolute Gasteiger partial charge is 0.444 e. The summed E-state index contributed by atoms with van der Waals surface area (Å²) in [5.41, 5.74) is -0.189. The van der Waals surface area contributed by atoms with Gasteiger partial charge in [0.05, 0.1) is 0 Å². The van der Waals surface area contributed by atoms with E-state index < -0.39 is 5.60 Å². The molecule has 0 heterocycles. The number of hydrogen-bond acceptors (Lipinski definition) is 3. The Labute approximate surface area is 131 Å². The molecule has 0 saturated carbocycles. The molecule has 0 aromatic rings. The van der Waals surface area contributed by atoms with Gasteiger partial charge >= 0.3 is 6.09 Å². The third-order valence-electron chi connectivity index (χ3n) is 3.70. The Morgan fingerprint density at radius 3 is 1.90 bits per heavy atom. The standard InChI is InChI=1S/C17H36N2O2/c1-9-17(10-2,19-12-11-15(3,4)5)13-18-14(20)21-16(6,7)8/h19H,9-13H2,1-8H3,(H,18,20). The number of ether oxygens (including phenoxy) is 1. The molecule has 0 atom stereocenters. The van der Waals surface area contributed by atoms with E-state index in [1.807, 2.05) is 20.8 Å². The maximum atomic E-state index is 11.8. The molecular weight excluding hydrogens is 264 g/mol. The summed E-state index contributed by atoms with van der Waals surface area (Å²) in [4.78, 5) is 11.8. The lowest BCUT2D eigenvalue weighted by atomic mass is 9.89. The second kappa shape index (κ2) is 8.02. The molecule has 0 aromatic carbocycles. The number of rotatable bonds is 7. The van der Waals surface area contributed by atoms with Gasteiger partial charge in [-0.05, 0) is 52.0 Å². The summed E-state index contributed by atoms with van der Waals surface area (Å²) >= 11 is 0. The van der Waals surface area contributed by atoms with Crippen molar-refractivity contribution in [3.8, 4) is 0 Å². The number of carbonyl (C=O) groups excluding carboxylic acids is 1. The minimum absolute atomic E-state index is 0.0534. The molecule has 0 radical (unpaired) electrons. The molecule has 0 fully saturated rings. The molecule has 4 nitrogen and oxygen atoms in total. The number of alkyl carbamates (subject to hydrolysis) is 1. The van der Waals surface area contributed by atoms with E-state index in [1.165, 1.54) is 0 Å². The SMILES string of the molecule is CCC(CC)(CNC(=O)OC(C)(C)C)NCCC(C)(C)C. The van der Waals surface area contributed by atoms with Crippen LogP contribution in [0.1, 0.15) is 74.7 Å². The highest BCUT2D eigenvalue weighted by Gasteiger charge is 2.27. The Balaban J connectivity index is 4.43. The molecule has 21 heavy (non-hydrogen) atoms. The zero-order chi connectivity index (χ0) is 16.7. The molecule has 0 bridgehead atoms. The van der Waals surface area contributed by atoms with Crippen molar-refractivity contribution in [3.63, 3.8) is 0 Å². The third-order valence-corrected chi connectivity index (χ3v) is 3.70. The van der Waals surface area contributed by atoms with Crippen LogP contribution in [0.15, 0.2) is 0 Å². The van der Waals surface area contributed by atoms with Gasteiger partial charge in [-0.15, -0.1) is 0 Å². The number of nitrogens with one attached hydrogen (secondary N) is 2. The minimum atomic E-state index is -0.454. The predicted octanol–water partition coefficient (Wildman–Crippen LogP) is 4.10. The molecule has 1 amide bonds. The van der Waals surface area contributed by atoms with E-state index in [0.717, 1.165) is 25.8 Å². The highest BCUT2D eigenvalue weighted by molar-refractivity contribution is 5.67. The number of amides is 1. The van der Waals surface area contributed by atoms with Crippen LogP contribution in [-0.2, 0) is 4.74 Å². The normalized spacial score (nSPS) is 13.1. The zero-order valence-electron chi connectivity index (χ0n) is 15.4. The predicted molar refractivity (Wildman–Crippen MR) is 89.6 cm³/mol. The molecule has 0 unspecified atom stereocenters. The van der Waals surface area contributed by atoms with Gasteiger partial charge in [-0.1, -0.05) is 34.6 Å². The lowest BCUT2D eigenvalue weighted by molar-refractivity contribution is 0.0506. The highest BCUT2D eigenvalue weighted by Crippen LogP contribution is 2.20. The van der Waals surface area contributed by atoms with E-state index in [1.54, 1.807) is 0 Å². The van der Waals surface area contributed by atoms with Crippen LogP contribution in [0.5, 0.6) is 0 Å². The van der Waals surface area contributed by atoms with Crippen LogP contribution in [0, 0.1) is 5.41 Å². The smallest absolute Gasteiger partial charge is 0.407 e. The van der Waals surface area contributed by atoms with Gasteiger partial charge in [0.1, 0.15) is 5.60 Å². The second-order valence-electron chi connectivity index (χ2n) is 8.08. The van der Waals surface area contributed by atoms with Crippen molar-refractivity contribution < 1.29 is 9.53 Å². The van der Waals surface area contributed by atoms with E-state index in [9.17, 15) is 4.79 Å². The maximum Gasteiger partial charge on any atom is 0.407 e. The monoisotopic (exact) mass is 300 g/mol. The van der Waals surface area contributed by atoms with Gasteiger partial charge in [-0.2, -0.15) is 0 Å². The molecule has 0 spiro atoms. The van der Waals surface area contributed by atoms with Crippen LogP contribution in [-0.4, -0.2) is 30.3 Å². The van der Waals surface area contributed by atoms with Gasteiger partial charge in [-0.25, -0.2) is 4.79 Å². The lowest BCUT2D eigenvalue weighted by Crippen LogP contribution is -2.53. The molecular formula is C17H36N2O2. The summed E-state index contributed by atoms with van der Waals surface area (Å²) in [6, 6.07) is 0. The topological polar surface area (TPSA) is 50.4 Å². The summed E-state index contributed by atoms with van der Waals surface area (Å²) in [5.74, 6) is 0. The van der Waals surface area contributed by atoms with Gasteiger partial charge in [0.2, 0.25) is 0 Å². The van der Waals surface area contributed by atoms with E-state index >= 15 is 0 Å². The van der Waals surface area contributed by atoms with Crippen LogP contribution in [0.2, 0.25) is 0 Å². The van der Waals surface area contributed by atoms with E-state index in [4.69, 9.17) is 4.74 Å². The fourth-order valence-electron chi connectivity index (χ4n) is 2.07. The summed E-state index contributed by atoms with van der Waals surface area (Å²) < 4.78 is 5.30. The molecule has 4 heteroatoms. The summed E-state index contributed by atoms with van der Waals surface area (Å²) in [6.07, 6.45) is 2.72. The molecule has 0 aliphatic heterocycles. The molecule has 2 N–H and O–H groups in total. The first-order valence-electron chi connectivity index (χ1n) is 8.15. The van der Waals surface area contributed by atoms with Gasteiger partial charge < -0.3 is 15.4 Å². The summed E-state index contributed by atoms with van der Waals surface area (Å²) in [5, 5.41) is 6.54. The average Bonchev–Trinajstić information content (AvgIpc) is 2.30. The van der Waals surface area contributed by atoms with Crippen LogP contribution in [0.25, 0.3) is 0 Å². The summed E-state index contributed by atoms with van der Waals surface area (Å²) in [7, 11) is 0. The number of carbonyl (C=O) groups is 1. The van der Waals surface area contributed by atoms with E-state index in [-0.39, 0.29) is 11.6 Å². The fraction of sp³-hybridized carbons (Fsp3) is 0.941. The van der Waals surface area contributed by atoms with Crippen LogP contribution in [0.3, 0.4) is 0 Å². The Bertz CT molecular complexity index is 310. The van der Waals surface area contributed by atoms with E-state index in [0.29, 0.717) is 12.0 Å². The van der Waals surface area contributed by atoms with Gasteiger partial charge in [0.25, 0.3) is 0 Å². The molecule has 0 saturated heterocycles. The Morgan fingerprint density at radius 2 is 1.52 bits per heavy atom. The number of hydrogen-bond donors (Lipinski definition) is 2. The van der Waals surface area contributed by atoms with Crippen molar-refractivity contribution in [1.82, 2.24) is 10.6 Å². The Morgan fingerprint density at radius 1 is 1.00 bits per heavy atom. The molecule has 126 valence electrons. The first kappa shape index (κ1) is 20.2. The van der Waals surface area contributed by atoms with Gasteiger partial charge in [-0.3, -0.25) is 0 Å². The summed E-state index contributed by atoms with van der Waals surface area (Å²) in [6.45, 7) is 18.2. The van der Waals surface area contributed by atoms with Crippen molar-refractivity contribution >= 4 is 6.09 Å². The highest BCUT2D eigenvalue weighted by atomic mass is 16.6. The van der Waals surface area contributed by atoms with Crippen LogP contribution in [0.4, 0.5) is 4.79 Å². The van der Waals surface area contributed by atoms with Crippen molar-refractivity contribution in [3.05, 3.63) is 0 Å². The van der Waals surface area contributed by atoms with E-state index in [2.05, 4.69) is 45.3 Å².